The topological polar surface area (TPSA) is 65.1 Å². The van der Waals surface area contributed by atoms with Crippen molar-refractivity contribution in [3.63, 3.8) is 0 Å². The Morgan fingerprint density at radius 1 is 0.920 bits per heavy atom. The summed E-state index contributed by atoms with van der Waals surface area (Å²) in [5, 5.41) is 2.25. The number of piperazine rings is 1. The maximum absolute atomic E-state index is 13.9. The molecule has 0 spiro atoms. The van der Waals surface area contributed by atoms with Gasteiger partial charge in [0.2, 0.25) is 5.91 Å². The first-order valence-corrected chi connectivity index (χ1v) is 18.8. The number of hydrogen-bond acceptors (Lipinski definition) is 6. The second-order valence-corrected chi connectivity index (χ2v) is 15.0. The number of anilines is 1. The highest BCUT2D eigenvalue weighted by Crippen LogP contribution is 2.51. The summed E-state index contributed by atoms with van der Waals surface area (Å²) in [6.45, 7) is 5.09. The van der Waals surface area contributed by atoms with Crippen molar-refractivity contribution in [1.82, 2.24) is 15.1 Å². The lowest BCUT2D eigenvalue weighted by Gasteiger charge is -2.40. The van der Waals surface area contributed by atoms with Crippen LogP contribution >= 0.6 is 11.8 Å². The van der Waals surface area contributed by atoms with Gasteiger partial charge in [-0.1, -0.05) is 60.6 Å². The summed E-state index contributed by atoms with van der Waals surface area (Å²) in [6, 6.07) is 21.5. The molecule has 1 unspecified atom stereocenters. The van der Waals surface area contributed by atoms with Crippen molar-refractivity contribution in [3.05, 3.63) is 89.0 Å². The van der Waals surface area contributed by atoms with E-state index in [2.05, 4.69) is 33.3 Å². The fraction of sp³-hybridized carbons (Fsp3) is 0.487. The van der Waals surface area contributed by atoms with Crippen LogP contribution in [-0.2, 0) is 21.4 Å². The highest BCUT2D eigenvalue weighted by Gasteiger charge is 2.47. The van der Waals surface area contributed by atoms with Crippen molar-refractivity contribution in [2.24, 2.45) is 0 Å². The normalized spacial score (nSPS) is 20.5. The first-order valence-electron chi connectivity index (χ1n) is 17.9. The smallest absolute Gasteiger partial charge is 0.376 e. The maximum Gasteiger partial charge on any atom is 0.405 e. The molecule has 4 aliphatic heterocycles. The van der Waals surface area contributed by atoms with E-state index in [1.54, 1.807) is 11.8 Å². The van der Waals surface area contributed by atoms with Crippen LogP contribution in [0.1, 0.15) is 65.6 Å². The van der Waals surface area contributed by atoms with E-state index in [-0.39, 0.29) is 12.0 Å². The number of carbonyl (C=O) groups excluding carboxylic acids is 2. The minimum Gasteiger partial charge on any atom is -0.376 e. The minimum absolute atomic E-state index is 0.104. The first kappa shape index (κ1) is 34.9. The number of ether oxygens (including phenoxy) is 1. The zero-order valence-electron chi connectivity index (χ0n) is 28.4. The van der Waals surface area contributed by atoms with Crippen LogP contribution in [0.25, 0.3) is 0 Å². The lowest BCUT2D eigenvalue weighted by Crippen LogP contribution is -2.49. The molecule has 4 aliphatic rings. The van der Waals surface area contributed by atoms with Crippen LogP contribution in [-0.4, -0.2) is 92.9 Å². The molecular weight excluding hydrogens is 662 g/mol. The molecule has 0 aliphatic carbocycles. The predicted molar refractivity (Wildman–Crippen MR) is 189 cm³/mol. The molecule has 1 N–H and O–H groups in total. The monoisotopic (exact) mass is 706 g/mol. The lowest BCUT2D eigenvalue weighted by atomic mass is 9.69. The van der Waals surface area contributed by atoms with Crippen molar-refractivity contribution in [3.8, 4) is 0 Å². The molecule has 7 rings (SSSR count). The quantitative estimate of drug-likeness (QED) is 0.238. The fourth-order valence-electron chi connectivity index (χ4n) is 8.07. The summed E-state index contributed by atoms with van der Waals surface area (Å²) in [7, 11) is 0. The molecule has 2 saturated heterocycles. The number of benzene rings is 3. The Labute approximate surface area is 296 Å². The standard InChI is InChI=1S/C39H45F3N4O3S/c40-39(41,42)27-43-37(48)38(32-10-1-3-12-34(32)50-35-13-4-2-11-33(35)38)17-6-7-18-44-20-22-45(23-21-44)29-15-14-28-16-19-46(36(47)31(28)25-29)26-30-9-5-8-24-49-30/h1-4,10-15,25,30H,5-9,16-24,26-27H2,(H,43,48). The van der Waals surface area contributed by atoms with Crippen molar-refractivity contribution in [1.29, 1.82) is 0 Å². The molecule has 3 aromatic carbocycles. The molecule has 1 atom stereocenters. The Balaban J connectivity index is 0.973. The van der Waals surface area contributed by atoms with Crippen LogP contribution in [0.2, 0.25) is 0 Å². The van der Waals surface area contributed by atoms with Gasteiger partial charge in [-0.05, 0) is 86.0 Å². The molecule has 0 bridgehead atoms. The number of nitrogens with zero attached hydrogens (tertiary/aromatic N) is 3. The molecule has 7 nitrogen and oxygen atoms in total. The van der Waals surface area contributed by atoms with E-state index in [4.69, 9.17) is 4.74 Å². The number of halogens is 3. The van der Waals surface area contributed by atoms with Gasteiger partial charge in [0.15, 0.2) is 0 Å². The average Bonchev–Trinajstić information content (AvgIpc) is 3.13. The fourth-order valence-corrected chi connectivity index (χ4v) is 9.31. The van der Waals surface area contributed by atoms with Crippen molar-refractivity contribution in [2.45, 2.75) is 72.4 Å². The van der Waals surface area contributed by atoms with Gasteiger partial charge in [-0.3, -0.25) is 14.5 Å². The third-order valence-corrected chi connectivity index (χ3v) is 11.9. The van der Waals surface area contributed by atoms with E-state index in [1.165, 1.54) is 0 Å². The second-order valence-electron chi connectivity index (χ2n) is 13.9. The van der Waals surface area contributed by atoms with Crippen LogP contribution in [0.4, 0.5) is 18.9 Å². The van der Waals surface area contributed by atoms with Crippen LogP contribution in [0.15, 0.2) is 76.5 Å². The number of carbonyl (C=O) groups is 2. The molecule has 11 heteroatoms. The van der Waals surface area contributed by atoms with E-state index in [0.717, 1.165) is 116 Å². The SMILES string of the molecule is O=C1c2cc(N3CCN(CCCCC4(C(=O)NCC(F)(F)F)c5ccccc5Sc5ccccc54)CC3)ccc2CCN1CC1CCCCO1. The zero-order chi connectivity index (χ0) is 34.7. The molecule has 0 radical (unpaired) electrons. The Morgan fingerprint density at radius 2 is 1.64 bits per heavy atom. The van der Waals surface area contributed by atoms with E-state index in [1.807, 2.05) is 53.4 Å². The Hall–Kier alpha value is -3.54. The third kappa shape index (κ3) is 7.41. The van der Waals surface area contributed by atoms with E-state index in [0.29, 0.717) is 19.4 Å². The molecule has 2 fully saturated rings. The number of rotatable bonds is 10. The van der Waals surface area contributed by atoms with Gasteiger partial charge in [-0.15, -0.1) is 0 Å². The lowest BCUT2D eigenvalue weighted by molar-refractivity contribution is -0.141. The highest BCUT2D eigenvalue weighted by molar-refractivity contribution is 7.99. The number of amides is 2. The molecule has 50 heavy (non-hydrogen) atoms. The van der Waals surface area contributed by atoms with Gasteiger partial charge in [0.25, 0.3) is 5.91 Å². The van der Waals surface area contributed by atoms with E-state index in [9.17, 15) is 22.8 Å². The molecule has 0 saturated carbocycles. The zero-order valence-corrected chi connectivity index (χ0v) is 29.2. The van der Waals surface area contributed by atoms with Gasteiger partial charge in [0, 0.05) is 66.9 Å². The van der Waals surface area contributed by atoms with E-state index >= 15 is 0 Å². The van der Waals surface area contributed by atoms with Gasteiger partial charge in [-0.25, -0.2) is 0 Å². The summed E-state index contributed by atoms with van der Waals surface area (Å²) >= 11 is 1.56. The van der Waals surface area contributed by atoms with Gasteiger partial charge >= 0.3 is 6.18 Å². The summed E-state index contributed by atoms with van der Waals surface area (Å²) in [5.74, 6) is -0.495. The van der Waals surface area contributed by atoms with Crippen LogP contribution in [0.3, 0.4) is 0 Å². The predicted octanol–water partition coefficient (Wildman–Crippen LogP) is 6.68. The van der Waals surface area contributed by atoms with Gasteiger partial charge in [-0.2, -0.15) is 13.2 Å². The van der Waals surface area contributed by atoms with Gasteiger partial charge in [0.1, 0.15) is 12.0 Å². The van der Waals surface area contributed by atoms with Gasteiger partial charge in [0.05, 0.1) is 6.10 Å². The number of hydrogen-bond donors (Lipinski definition) is 1. The number of nitrogens with one attached hydrogen (secondary N) is 1. The maximum atomic E-state index is 13.9. The summed E-state index contributed by atoms with van der Waals surface area (Å²) in [6.07, 6.45) is 1.69. The van der Waals surface area contributed by atoms with Crippen LogP contribution in [0.5, 0.6) is 0 Å². The van der Waals surface area contributed by atoms with Gasteiger partial charge < -0.3 is 19.9 Å². The largest absolute Gasteiger partial charge is 0.405 e. The van der Waals surface area contributed by atoms with Crippen LogP contribution < -0.4 is 10.2 Å². The average molecular weight is 707 g/mol. The molecule has 2 amide bonds. The summed E-state index contributed by atoms with van der Waals surface area (Å²) in [4.78, 5) is 35.9. The number of alkyl halides is 3. The first-order chi connectivity index (χ1) is 24.2. The molecule has 266 valence electrons. The Morgan fingerprint density at radius 3 is 2.32 bits per heavy atom. The van der Waals surface area contributed by atoms with Crippen molar-refractivity contribution in [2.75, 3.05) is 63.9 Å². The van der Waals surface area contributed by atoms with Crippen LogP contribution in [0, 0.1) is 0 Å². The van der Waals surface area contributed by atoms with Crippen molar-refractivity contribution >= 4 is 29.3 Å². The summed E-state index contributed by atoms with van der Waals surface area (Å²) in [5.41, 5.74) is 3.34. The Bertz CT molecular complexity index is 1640. The third-order valence-electron chi connectivity index (χ3n) is 10.7. The van der Waals surface area contributed by atoms with E-state index < -0.39 is 24.0 Å². The molecule has 3 aromatic rings. The summed E-state index contributed by atoms with van der Waals surface area (Å²) < 4.78 is 45.8. The number of fused-ring (bicyclic) bond motifs is 3. The Kier molecular flexibility index (Phi) is 10.5. The molecular formula is C39H45F3N4O3S. The van der Waals surface area contributed by atoms with Crippen molar-refractivity contribution < 1.29 is 27.5 Å². The highest BCUT2D eigenvalue weighted by atomic mass is 32.2. The molecule has 0 aromatic heterocycles. The second kappa shape index (κ2) is 15.0. The minimum atomic E-state index is -4.50. The number of unbranched alkanes of at least 4 members (excludes halogenated alkanes) is 1. The molecule has 4 heterocycles.